The van der Waals surface area contributed by atoms with Crippen LogP contribution in [-0.4, -0.2) is 31.0 Å². The molecular weight excluding hydrogens is 216 g/mol. The summed E-state index contributed by atoms with van der Waals surface area (Å²) in [6.45, 7) is 4.89. The van der Waals surface area contributed by atoms with Crippen molar-refractivity contribution in [3.05, 3.63) is 24.3 Å². The molecule has 0 aliphatic heterocycles. The second-order valence-electron chi connectivity index (χ2n) is 4.49. The van der Waals surface area contributed by atoms with E-state index in [2.05, 4.69) is 13.8 Å². The highest BCUT2D eigenvalue weighted by Crippen LogP contribution is 2.19. The standard InChI is InChI=1S/C13H20N2O2/c1-10(2)8-15(3)13(16)9-17-12-7-5-4-6-11(12)14/h4-7,10H,8-9,14H2,1-3H3. The zero-order valence-electron chi connectivity index (χ0n) is 10.6. The molecule has 0 unspecified atom stereocenters. The maximum atomic E-state index is 11.7. The fraction of sp³-hybridized carbons (Fsp3) is 0.462. The quantitative estimate of drug-likeness (QED) is 0.793. The third-order valence-corrected chi connectivity index (χ3v) is 2.33. The van der Waals surface area contributed by atoms with Gasteiger partial charge < -0.3 is 15.4 Å². The molecule has 0 heterocycles. The first kappa shape index (κ1) is 13.4. The number of rotatable bonds is 5. The van der Waals surface area contributed by atoms with E-state index in [1.807, 2.05) is 12.1 Å². The first-order valence-corrected chi connectivity index (χ1v) is 5.72. The molecule has 4 nitrogen and oxygen atoms in total. The van der Waals surface area contributed by atoms with Gasteiger partial charge in [-0.3, -0.25) is 4.79 Å². The van der Waals surface area contributed by atoms with E-state index in [9.17, 15) is 4.79 Å². The lowest BCUT2D eigenvalue weighted by atomic mass is 10.2. The van der Waals surface area contributed by atoms with Gasteiger partial charge in [-0.15, -0.1) is 0 Å². The smallest absolute Gasteiger partial charge is 0.260 e. The zero-order valence-corrected chi connectivity index (χ0v) is 10.6. The number of nitrogen functional groups attached to an aromatic ring is 1. The van der Waals surface area contributed by atoms with Gasteiger partial charge in [0.25, 0.3) is 5.91 Å². The lowest BCUT2D eigenvalue weighted by molar-refractivity contribution is -0.132. The second kappa shape index (κ2) is 6.13. The molecule has 0 saturated heterocycles. The summed E-state index contributed by atoms with van der Waals surface area (Å²) in [5.41, 5.74) is 6.26. The van der Waals surface area contributed by atoms with Crippen LogP contribution in [0.15, 0.2) is 24.3 Å². The molecule has 0 aromatic heterocycles. The molecule has 94 valence electrons. The van der Waals surface area contributed by atoms with E-state index >= 15 is 0 Å². The molecule has 0 saturated carbocycles. The van der Waals surface area contributed by atoms with Crippen molar-refractivity contribution >= 4 is 11.6 Å². The number of carbonyl (C=O) groups excluding carboxylic acids is 1. The van der Waals surface area contributed by atoms with Crippen LogP contribution in [0.1, 0.15) is 13.8 Å². The fourth-order valence-electron chi connectivity index (χ4n) is 1.51. The van der Waals surface area contributed by atoms with Gasteiger partial charge in [-0.25, -0.2) is 0 Å². The summed E-state index contributed by atoms with van der Waals surface area (Å²) >= 11 is 0. The molecule has 0 aliphatic carbocycles. The maximum absolute atomic E-state index is 11.7. The van der Waals surface area contributed by atoms with E-state index in [1.165, 1.54) is 0 Å². The van der Waals surface area contributed by atoms with Crippen LogP contribution < -0.4 is 10.5 Å². The number of hydrogen-bond acceptors (Lipinski definition) is 3. The van der Waals surface area contributed by atoms with Gasteiger partial charge in [-0.2, -0.15) is 0 Å². The summed E-state index contributed by atoms with van der Waals surface area (Å²) in [7, 11) is 1.78. The van der Waals surface area contributed by atoms with Crippen molar-refractivity contribution in [3.63, 3.8) is 0 Å². The first-order chi connectivity index (χ1) is 8.00. The number of amides is 1. The largest absolute Gasteiger partial charge is 0.482 e. The molecule has 0 radical (unpaired) electrons. The highest BCUT2D eigenvalue weighted by Gasteiger charge is 2.11. The van der Waals surface area contributed by atoms with Gasteiger partial charge in [0.2, 0.25) is 0 Å². The summed E-state index contributed by atoms with van der Waals surface area (Å²) in [5.74, 6) is 0.964. The Kier molecular flexibility index (Phi) is 4.82. The number of likely N-dealkylation sites (N-methyl/N-ethyl adjacent to an activating group) is 1. The number of ether oxygens (including phenoxy) is 1. The molecule has 0 spiro atoms. The molecule has 17 heavy (non-hydrogen) atoms. The molecule has 0 atom stereocenters. The Bertz CT molecular complexity index is 377. The number of hydrogen-bond donors (Lipinski definition) is 1. The van der Waals surface area contributed by atoms with Gasteiger partial charge in [0.15, 0.2) is 6.61 Å². The molecule has 0 bridgehead atoms. The van der Waals surface area contributed by atoms with Crippen molar-refractivity contribution in [2.24, 2.45) is 5.92 Å². The predicted molar refractivity (Wildman–Crippen MR) is 68.8 cm³/mol. The van der Waals surface area contributed by atoms with Gasteiger partial charge >= 0.3 is 0 Å². The van der Waals surface area contributed by atoms with Crippen molar-refractivity contribution in [2.75, 3.05) is 25.9 Å². The molecule has 4 heteroatoms. The fourth-order valence-corrected chi connectivity index (χ4v) is 1.51. The van der Waals surface area contributed by atoms with Crippen LogP contribution in [0, 0.1) is 5.92 Å². The normalized spacial score (nSPS) is 10.4. The van der Waals surface area contributed by atoms with Gasteiger partial charge in [0.1, 0.15) is 5.75 Å². The Morgan fingerprint density at radius 2 is 2.06 bits per heavy atom. The molecule has 0 fully saturated rings. The van der Waals surface area contributed by atoms with E-state index in [-0.39, 0.29) is 12.5 Å². The van der Waals surface area contributed by atoms with E-state index < -0.39 is 0 Å². The summed E-state index contributed by atoms with van der Waals surface area (Å²) in [6, 6.07) is 7.16. The Morgan fingerprint density at radius 3 is 2.65 bits per heavy atom. The monoisotopic (exact) mass is 236 g/mol. The Balaban J connectivity index is 2.46. The number of nitrogens with two attached hydrogens (primary N) is 1. The van der Waals surface area contributed by atoms with Crippen LogP contribution in [0.2, 0.25) is 0 Å². The average Bonchev–Trinajstić information content (AvgIpc) is 2.26. The maximum Gasteiger partial charge on any atom is 0.260 e. The average molecular weight is 236 g/mol. The third-order valence-electron chi connectivity index (χ3n) is 2.33. The van der Waals surface area contributed by atoms with Crippen LogP contribution in [0.3, 0.4) is 0 Å². The van der Waals surface area contributed by atoms with Gasteiger partial charge in [-0.05, 0) is 18.1 Å². The summed E-state index contributed by atoms with van der Waals surface area (Å²) in [5, 5.41) is 0. The van der Waals surface area contributed by atoms with Crippen molar-refractivity contribution in [2.45, 2.75) is 13.8 Å². The number of para-hydroxylation sites is 2. The SMILES string of the molecule is CC(C)CN(C)C(=O)COc1ccccc1N. The minimum absolute atomic E-state index is 0.0252. The molecule has 2 N–H and O–H groups in total. The van der Waals surface area contributed by atoms with Crippen LogP contribution >= 0.6 is 0 Å². The zero-order chi connectivity index (χ0) is 12.8. The molecule has 0 aliphatic rings. The second-order valence-corrected chi connectivity index (χ2v) is 4.49. The molecule has 1 rings (SSSR count). The van der Waals surface area contributed by atoms with E-state index in [4.69, 9.17) is 10.5 Å². The van der Waals surface area contributed by atoms with Crippen LogP contribution in [0.5, 0.6) is 5.75 Å². The Hall–Kier alpha value is -1.71. The predicted octanol–water partition coefficient (Wildman–Crippen LogP) is 1.76. The minimum atomic E-state index is -0.0399. The Morgan fingerprint density at radius 1 is 1.41 bits per heavy atom. The van der Waals surface area contributed by atoms with Crippen LogP contribution in [0.4, 0.5) is 5.69 Å². The van der Waals surface area contributed by atoms with E-state index in [1.54, 1.807) is 24.1 Å². The minimum Gasteiger partial charge on any atom is -0.482 e. The van der Waals surface area contributed by atoms with Crippen molar-refractivity contribution in [1.29, 1.82) is 0 Å². The number of benzene rings is 1. The van der Waals surface area contributed by atoms with Crippen molar-refractivity contribution in [1.82, 2.24) is 4.90 Å². The Labute approximate surface area is 102 Å². The molecule has 1 amide bonds. The molecule has 1 aromatic rings. The summed E-state index contributed by atoms with van der Waals surface area (Å²) in [6.07, 6.45) is 0. The van der Waals surface area contributed by atoms with Crippen molar-refractivity contribution < 1.29 is 9.53 Å². The van der Waals surface area contributed by atoms with Gasteiger partial charge in [0.05, 0.1) is 5.69 Å². The number of nitrogens with zero attached hydrogens (tertiary/aromatic N) is 1. The molecule has 1 aromatic carbocycles. The summed E-state index contributed by atoms with van der Waals surface area (Å²) in [4.78, 5) is 13.4. The summed E-state index contributed by atoms with van der Waals surface area (Å²) < 4.78 is 5.39. The lowest BCUT2D eigenvalue weighted by Gasteiger charge is -2.19. The number of anilines is 1. The van der Waals surface area contributed by atoms with E-state index in [0.29, 0.717) is 17.4 Å². The highest BCUT2D eigenvalue weighted by molar-refractivity contribution is 5.77. The van der Waals surface area contributed by atoms with Crippen LogP contribution in [-0.2, 0) is 4.79 Å². The third kappa shape index (κ3) is 4.34. The number of carbonyl (C=O) groups is 1. The lowest BCUT2D eigenvalue weighted by Crippen LogP contribution is -2.34. The van der Waals surface area contributed by atoms with E-state index in [0.717, 1.165) is 6.54 Å². The van der Waals surface area contributed by atoms with Crippen LogP contribution in [0.25, 0.3) is 0 Å². The van der Waals surface area contributed by atoms with Gasteiger partial charge in [0, 0.05) is 13.6 Å². The van der Waals surface area contributed by atoms with Gasteiger partial charge in [-0.1, -0.05) is 26.0 Å². The van der Waals surface area contributed by atoms with Crippen molar-refractivity contribution in [3.8, 4) is 5.75 Å². The molecular formula is C13H20N2O2. The highest BCUT2D eigenvalue weighted by atomic mass is 16.5. The first-order valence-electron chi connectivity index (χ1n) is 5.72. The topological polar surface area (TPSA) is 55.6 Å².